The highest BCUT2D eigenvalue weighted by atomic mass is 32.1. The van der Waals surface area contributed by atoms with Crippen LogP contribution in [-0.2, 0) is 6.54 Å². The average Bonchev–Trinajstić information content (AvgIpc) is 2.81. The molecule has 21 heavy (non-hydrogen) atoms. The highest BCUT2D eigenvalue weighted by Crippen LogP contribution is 2.18. The molecule has 6 nitrogen and oxygen atoms in total. The van der Waals surface area contributed by atoms with Gasteiger partial charge in [-0.1, -0.05) is 13.3 Å². The number of rotatable bonds is 5. The van der Waals surface area contributed by atoms with Gasteiger partial charge in [-0.15, -0.1) is 0 Å². The first-order valence-electron chi connectivity index (χ1n) is 7.21. The molecular formula is C14H21N5OS. The third kappa shape index (κ3) is 3.12. The Morgan fingerprint density at radius 2 is 2.14 bits per heavy atom. The van der Waals surface area contributed by atoms with E-state index in [1.54, 1.807) is 6.07 Å². The maximum Gasteiger partial charge on any atom is 0.277 e. The van der Waals surface area contributed by atoms with Crippen LogP contribution in [0.2, 0.25) is 0 Å². The van der Waals surface area contributed by atoms with Crippen LogP contribution < -0.4 is 5.56 Å². The van der Waals surface area contributed by atoms with Crippen LogP contribution >= 0.6 is 12.2 Å². The topological polar surface area (TPSA) is 68.5 Å². The van der Waals surface area contributed by atoms with E-state index in [0.29, 0.717) is 22.7 Å². The van der Waals surface area contributed by atoms with E-state index in [-0.39, 0.29) is 11.6 Å². The van der Waals surface area contributed by atoms with Gasteiger partial charge in [-0.2, -0.15) is 10.2 Å². The lowest BCUT2D eigenvalue weighted by Crippen LogP contribution is -2.26. The van der Waals surface area contributed by atoms with Crippen molar-refractivity contribution < 1.29 is 0 Å². The third-order valence-electron chi connectivity index (χ3n) is 3.28. The van der Waals surface area contributed by atoms with Crippen molar-refractivity contribution in [2.24, 2.45) is 0 Å². The number of hydrogen-bond donors (Lipinski definition) is 1. The predicted molar refractivity (Wildman–Crippen MR) is 84.9 cm³/mol. The second kappa shape index (κ2) is 6.34. The zero-order valence-electron chi connectivity index (χ0n) is 12.9. The van der Waals surface area contributed by atoms with E-state index in [1.807, 2.05) is 25.3 Å². The minimum atomic E-state index is -0.120. The van der Waals surface area contributed by atoms with Crippen molar-refractivity contribution in [2.45, 2.75) is 53.1 Å². The Morgan fingerprint density at radius 1 is 1.43 bits per heavy atom. The van der Waals surface area contributed by atoms with E-state index in [0.717, 1.165) is 18.5 Å². The molecule has 0 spiro atoms. The van der Waals surface area contributed by atoms with Crippen molar-refractivity contribution in [1.29, 1.82) is 0 Å². The summed E-state index contributed by atoms with van der Waals surface area (Å²) < 4.78 is 3.90. The van der Waals surface area contributed by atoms with Gasteiger partial charge >= 0.3 is 0 Å². The summed E-state index contributed by atoms with van der Waals surface area (Å²) in [7, 11) is 0. The summed E-state index contributed by atoms with van der Waals surface area (Å²) in [6.07, 6.45) is 1.94. The fourth-order valence-electron chi connectivity index (χ4n) is 2.27. The van der Waals surface area contributed by atoms with Crippen LogP contribution in [0.1, 0.15) is 45.3 Å². The second-order valence-electron chi connectivity index (χ2n) is 5.40. The average molecular weight is 307 g/mol. The first kappa shape index (κ1) is 15.6. The van der Waals surface area contributed by atoms with Gasteiger partial charge in [-0.25, -0.2) is 4.68 Å². The lowest BCUT2D eigenvalue weighted by molar-refractivity contribution is 0.536. The third-order valence-corrected chi connectivity index (χ3v) is 3.57. The maximum atomic E-state index is 12.6. The molecular weight excluding hydrogens is 286 g/mol. The smallest absolute Gasteiger partial charge is 0.277 e. The Balaban J connectivity index is 2.62. The standard InChI is InChI=1S/C14H21N5OS/c1-5-6-7-18-13(20)11(8-10(4)17-18)12-15-16-14(21)19(12)9(2)3/h8-9H,5-7H2,1-4H3,(H,16,21). The van der Waals surface area contributed by atoms with Crippen LogP contribution in [0.4, 0.5) is 0 Å². The van der Waals surface area contributed by atoms with Crippen LogP contribution in [0.15, 0.2) is 10.9 Å². The molecule has 0 bridgehead atoms. The molecule has 1 N–H and O–H groups in total. The molecule has 0 radical (unpaired) electrons. The van der Waals surface area contributed by atoms with Gasteiger partial charge in [0.15, 0.2) is 10.6 Å². The van der Waals surface area contributed by atoms with Gasteiger partial charge < -0.3 is 0 Å². The van der Waals surface area contributed by atoms with E-state index >= 15 is 0 Å². The van der Waals surface area contributed by atoms with E-state index in [1.165, 1.54) is 4.68 Å². The Morgan fingerprint density at radius 3 is 2.76 bits per heavy atom. The highest BCUT2D eigenvalue weighted by Gasteiger charge is 2.17. The van der Waals surface area contributed by atoms with Crippen molar-refractivity contribution in [1.82, 2.24) is 24.5 Å². The molecule has 7 heteroatoms. The van der Waals surface area contributed by atoms with Gasteiger partial charge in [0.25, 0.3) is 5.56 Å². The normalized spacial score (nSPS) is 11.3. The van der Waals surface area contributed by atoms with Crippen LogP contribution in [-0.4, -0.2) is 24.5 Å². The minimum absolute atomic E-state index is 0.120. The number of nitrogens with zero attached hydrogens (tertiary/aromatic N) is 4. The molecule has 0 amide bonds. The molecule has 0 aromatic carbocycles. The molecule has 0 fully saturated rings. The van der Waals surface area contributed by atoms with Gasteiger partial charge in [0, 0.05) is 12.6 Å². The summed E-state index contributed by atoms with van der Waals surface area (Å²) in [6.45, 7) is 8.62. The number of H-pyrrole nitrogens is 1. The molecule has 0 unspecified atom stereocenters. The predicted octanol–water partition coefficient (Wildman–Crippen LogP) is 2.85. The van der Waals surface area contributed by atoms with E-state index < -0.39 is 0 Å². The van der Waals surface area contributed by atoms with Crippen molar-refractivity contribution in [2.75, 3.05) is 0 Å². The summed E-state index contributed by atoms with van der Waals surface area (Å²) in [4.78, 5) is 12.6. The molecule has 0 aliphatic heterocycles. The summed E-state index contributed by atoms with van der Waals surface area (Å²) in [5, 5.41) is 11.3. The number of aromatic amines is 1. The number of nitrogens with one attached hydrogen (secondary N) is 1. The van der Waals surface area contributed by atoms with E-state index in [2.05, 4.69) is 22.2 Å². The molecule has 2 aromatic rings. The fraction of sp³-hybridized carbons (Fsp3) is 0.571. The molecule has 2 heterocycles. The second-order valence-corrected chi connectivity index (χ2v) is 5.78. The van der Waals surface area contributed by atoms with Crippen LogP contribution in [0.3, 0.4) is 0 Å². The summed E-state index contributed by atoms with van der Waals surface area (Å²) in [5.41, 5.74) is 1.22. The molecule has 0 atom stereocenters. The number of hydrogen-bond acceptors (Lipinski definition) is 4. The fourth-order valence-corrected chi connectivity index (χ4v) is 2.61. The van der Waals surface area contributed by atoms with Gasteiger partial charge in [-0.3, -0.25) is 14.5 Å². The first-order chi connectivity index (χ1) is 9.95. The van der Waals surface area contributed by atoms with Crippen LogP contribution in [0, 0.1) is 11.7 Å². The quantitative estimate of drug-likeness (QED) is 0.862. The van der Waals surface area contributed by atoms with Gasteiger partial charge in [0.1, 0.15) is 0 Å². The lowest BCUT2D eigenvalue weighted by Gasteiger charge is -2.12. The maximum absolute atomic E-state index is 12.6. The molecule has 0 aliphatic rings. The number of aryl methyl sites for hydroxylation is 2. The van der Waals surface area contributed by atoms with Crippen molar-refractivity contribution in [3.8, 4) is 11.4 Å². The SMILES string of the molecule is CCCCn1nc(C)cc(-c2n[nH]c(=S)n2C(C)C)c1=O. The number of unbranched alkanes of at least 4 members (excludes halogenated alkanes) is 1. The van der Waals surface area contributed by atoms with Gasteiger partial charge in [0.05, 0.1) is 11.3 Å². The van der Waals surface area contributed by atoms with Gasteiger partial charge in [0.2, 0.25) is 0 Å². The Bertz CT molecular complexity index is 741. The van der Waals surface area contributed by atoms with Crippen LogP contribution in [0.25, 0.3) is 11.4 Å². The summed E-state index contributed by atoms with van der Waals surface area (Å²) in [6, 6.07) is 1.90. The largest absolute Gasteiger partial charge is 0.297 e. The molecule has 114 valence electrons. The minimum Gasteiger partial charge on any atom is -0.297 e. The molecule has 0 aliphatic carbocycles. The monoisotopic (exact) mass is 307 g/mol. The molecule has 0 saturated heterocycles. The van der Waals surface area contributed by atoms with Crippen molar-refractivity contribution in [3.05, 3.63) is 26.9 Å². The zero-order chi connectivity index (χ0) is 15.6. The lowest BCUT2D eigenvalue weighted by atomic mass is 10.2. The van der Waals surface area contributed by atoms with E-state index in [9.17, 15) is 4.79 Å². The van der Waals surface area contributed by atoms with Gasteiger partial charge in [-0.05, 0) is 45.5 Å². The first-order valence-corrected chi connectivity index (χ1v) is 7.62. The zero-order valence-corrected chi connectivity index (χ0v) is 13.7. The Hall–Kier alpha value is -1.76. The van der Waals surface area contributed by atoms with Crippen molar-refractivity contribution >= 4 is 12.2 Å². The molecule has 0 saturated carbocycles. The summed E-state index contributed by atoms with van der Waals surface area (Å²) >= 11 is 5.25. The Labute approximate surface area is 128 Å². The molecule has 2 rings (SSSR count). The van der Waals surface area contributed by atoms with Crippen LogP contribution in [0.5, 0.6) is 0 Å². The van der Waals surface area contributed by atoms with Crippen molar-refractivity contribution in [3.63, 3.8) is 0 Å². The Kier molecular flexibility index (Phi) is 4.72. The summed E-state index contributed by atoms with van der Waals surface area (Å²) in [5.74, 6) is 0.579. The van der Waals surface area contributed by atoms with E-state index in [4.69, 9.17) is 12.2 Å². The molecule has 2 aromatic heterocycles. The highest BCUT2D eigenvalue weighted by molar-refractivity contribution is 7.71. The number of aromatic nitrogens is 5.